The van der Waals surface area contributed by atoms with Crippen molar-refractivity contribution in [3.05, 3.63) is 0 Å². The van der Waals surface area contributed by atoms with Crippen molar-refractivity contribution >= 4 is 0 Å². The zero-order chi connectivity index (χ0) is 10.1. The van der Waals surface area contributed by atoms with Crippen molar-refractivity contribution in [1.82, 2.24) is 4.90 Å². The zero-order valence-electron chi connectivity index (χ0n) is 9.51. The summed E-state index contributed by atoms with van der Waals surface area (Å²) in [6, 6.07) is 0.390. The lowest BCUT2D eigenvalue weighted by atomic mass is 9.85. The van der Waals surface area contributed by atoms with Gasteiger partial charge in [0.1, 0.15) is 0 Å². The Morgan fingerprint density at radius 2 is 2.08 bits per heavy atom. The second kappa shape index (κ2) is 3.97. The van der Waals surface area contributed by atoms with Crippen LogP contribution in [0.5, 0.6) is 0 Å². The molecule has 2 nitrogen and oxygen atoms in total. The summed E-state index contributed by atoms with van der Waals surface area (Å²) >= 11 is 0. The molecule has 1 aliphatic rings. The van der Waals surface area contributed by atoms with Crippen LogP contribution in [0.3, 0.4) is 0 Å². The third kappa shape index (κ3) is 2.44. The Morgan fingerprint density at radius 3 is 2.46 bits per heavy atom. The molecular weight excluding hydrogens is 160 g/mol. The number of rotatable bonds is 3. The average Bonchev–Trinajstić information content (AvgIpc) is 2.32. The third-order valence-corrected chi connectivity index (χ3v) is 3.66. The SMILES string of the molecule is CCN(C)CC1CCC(C)(C)C1N. The van der Waals surface area contributed by atoms with Crippen LogP contribution in [-0.4, -0.2) is 31.1 Å². The minimum atomic E-state index is 0.360. The summed E-state index contributed by atoms with van der Waals surface area (Å²) in [6.07, 6.45) is 2.59. The number of hydrogen-bond acceptors (Lipinski definition) is 2. The van der Waals surface area contributed by atoms with E-state index in [1.807, 2.05) is 0 Å². The minimum absolute atomic E-state index is 0.360. The minimum Gasteiger partial charge on any atom is -0.327 e. The van der Waals surface area contributed by atoms with Crippen LogP contribution in [0.4, 0.5) is 0 Å². The van der Waals surface area contributed by atoms with Gasteiger partial charge in [-0.1, -0.05) is 20.8 Å². The van der Waals surface area contributed by atoms with E-state index in [9.17, 15) is 0 Å². The monoisotopic (exact) mass is 184 g/mol. The van der Waals surface area contributed by atoms with E-state index in [1.54, 1.807) is 0 Å². The van der Waals surface area contributed by atoms with Gasteiger partial charge in [0.05, 0.1) is 0 Å². The van der Waals surface area contributed by atoms with Gasteiger partial charge in [-0.05, 0) is 37.8 Å². The summed E-state index contributed by atoms with van der Waals surface area (Å²) in [7, 11) is 2.18. The van der Waals surface area contributed by atoms with E-state index in [0.717, 1.165) is 6.54 Å². The third-order valence-electron chi connectivity index (χ3n) is 3.66. The van der Waals surface area contributed by atoms with Gasteiger partial charge in [0.2, 0.25) is 0 Å². The summed E-state index contributed by atoms with van der Waals surface area (Å²) in [5, 5.41) is 0. The van der Waals surface area contributed by atoms with E-state index in [1.165, 1.54) is 19.4 Å². The zero-order valence-corrected chi connectivity index (χ0v) is 9.51. The molecule has 2 heteroatoms. The second-order valence-electron chi connectivity index (χ2n) is 5.17. The van der Waals surface area contributed by atoms with Crippen molar-refractivity contribution in [3.63, 3.8) is 0 Å². The first kappa shape index (κ1) is 11.0. The van der Waals surface area contributed by atoms with Crippen molar-refractivity contribution in [1.29, 1.82) is 0 Å². The highest BCUT2D eigenvalue weighted by Crippen LogP contribution is 2.40. The first-order valence-electron chi connectivity index (χ1n) is 5.41. The molecular formula is C11H24N2. The standard InChI is InChI=1S/C11H24N2/c1-5-13(4)8-9-6-7-11(2,3)10(9)12/h9-10H,5-8,12H2,1-4H3. The Labute approximate surface area is 82.5 Å². The van der Waals surface area contributed by atoms with E-state index >= 15 is 0 Å². The highest BCUT2D eigenvalue weighted by Gasteiger charge is 2.39. The molecule has 2 unspecified atom stereocenters. The molecule has 0 aromatic rings. The smallest absolute Gasteiger partial charge is 0.0131 e. The lowest BCUT2D eigenvalue weighted by Crippen LogP contribution is -2.41. The van der Waals surface area contributed by atoms with Gasteiger partial charge in [0, 0.05) is 12.6 Å². The summed E-state index contributed by atoms with van der Waals surface area (Å²) in [6.45, 7) is 9.09. The first-order chi connectivity index (χ1) is 5.97. The number of nitrogens with zero attached hydrogens (tertiary/aromatic N) is 1. The van der Waals surface area contributed by atoms with Crippen LogP contribution in [0.1, 0.15) is 33.6 Å². The molecule has 0 aromatic carbocycles. The molecule has 0 radical (unpaired) electrons. The Morgan fingerprint density at radius 1 is 1.46 bits per heavy atom. The fraction of sp³-hybridized carbons (Fsp3) is 1.00. The Hall–Kier alpha value is -0.0800. The molecule has 1 aliphatic carbocycles. The largest absolute Gasteiger partial charge is 0.327 e. The van der Waals surface area contributed by atoms with Crippen molar-refractivity contribution in [2.75, 3.05) is 20.1 Å². The van der Waals surface area contributed by atoms with Crippen LogP contribution >= 0.6 is 0 Å². The van der Waals surface area contributed by atoms with Gasteiger partial charge in [-0.15, -0.1) is 0 Å². The molecule has 0 bridgehead atoms. The fourth-order valence-electron chi connectivity index (χ4n) is 2.28. The van der Waals surface area contributed by atoms with Gasteiger partial charge < -0.3 is 10.6 Å². The van der Waals surface area contributed by atoms with Crippen LogP contribution in [0, 0.1) is 11.3 Å². The predicted octanol–water partition coefficient (Wildman–Crippen LogP) is 1.70. The van der Waals surface area contributed by atoms with Crippen LogP contribution in [0.2, 0.25) is 0 Å². The number of hydrogen-bond donors (Lipinski definition) is 1. The molecule has 1 fully saturated rings. The highest BCUT2D eigenvalue weighted by molar-refractivity contribution is 4.94. The molecule has 0 heterocycles. The lowest BCUT2D eigenvalue weighted by molar-refractivity contribution is 0.240. The topological polar surface area (TPSA) is 29.3 Å². The first-order valence-corrected chi connectivity index (χ1v) is 5.41. The van der Waals surface area contributed by atoms with Crippen molar-refractivity contribution in [3.8, 4) is 0 Å². The van der Waals surface area contributed by atoms with Gasteiger partial charge in [-0.25, -0.2) is 0 Å². The second-order valence-corrected chi connectivity index (χ2v) is 5.17. The maximum absolute atomic E-state index is 6.23. The van der Waals surface area contributed by atoms with E-state index < -0.39 is 0 Å². The molecule has 0 saturated heterocycles. The van der Waals surface area contributed by atoms with Gasteiger partial charge in [0.15, 0.2) is 0 Å². The van der Waals surface area contributed by atoms with Crippen LogP contribution < -0.4 is 5.73 Å². The quantitative estimate of drug-likeness (QED) is 0.723. The maximum Gasteiger partial charge on any atom is 0.0131 e. The summed E-state index contributed by atoms with van der Waals surface area (Å²) in [5.74, 6) is 0.708. The Bertz CT molecular complexity index is 165. The molecule has 2 N–H and O–H groups in total. The van der Waals surface area contributed by atoms with Gasteiger partial charge in [-0.3, -0.25) is 0 Å². The number of nitrogens with two attached hydrogens (primary N) is 1. The van der Waals surface area contributed by atoms with E-state index in [-0.39, 0.29) is 0 Å². The van der Waals surface area contributed by atoms with Gasteiger partial charge in [0.25, 0.3) is 0 Å². The van der Waals surface area contributed by atoms with Gasteiger partial charge in [-0.2, -0.15) is 0 Å². The molecule has 13 heavy (non-hydrogen) atoms. The van der Waals surface area contributed by atoms with Crippen LogP contribution in [0.25, 0.3) is 0 Å². The lowest BCUT2D eigenvalue weighted by Gasteiger charge is -2.29. The molecule has 0 spiro atoms. The normalized spacial score (nSPS) is 32.8. The van der Waals surface area contributed by atoms with Crippen LogP contribution in [-0.2, 0) is 0 Å². The Kier molecular flexibility index (Phi) is 3.36. The highest BCUT2D eigenvalue weighted by atomic mass is 15.1. The molecule has 2 atom stereocenters. The van der Waals surface area contributed by atoms with E-state index in [2.05, 4.69) is 32.7 Å². The predicted molar refractivity (Wildman–Crippen MR) is 57.7 cm³/mol. The summed E-state index contributed by atoms with van der Waals surface area (Å²) < 4.78 is 0. The molecule has 0 aromatic heterocycles. The van der Waals surface area contributed by atoms with E-state index in [4.69, 9.17) is 5.73 Å². The molecule has 78 valence electrons. The molecule has 0 aliphatic heterocycles. The Balaban J connectivity index is 2.46. The van der Waals surface area contributed by atoms with Crippen molar-refractivity contribution in [2.45, 2.75) is 39.7 Å². The van der Waals surface area contributed by atoms with E-state index in [0.29, 0.717) is 17.4 Å². The average molecular weight is 184 g/mol. The van der Waals surface area contributed by atoms with Crippen molar-refractivity contribution in [2.24, 2.45) is 17.1 Å². The van der Waals surface area contributed by atoms with Crippen LogP contribution in [0.15, 0.2) is 0 Å². The van der Waals surface area contributed by atoms with Gasteiger partial charge >= 0.3 is 0 Å². The molecule has 0 amide bonds. The fourth-order valence-corrected chi connectivity index (χ4v) is 2.28. The summed E-state index contributed by atoms with van der Waals surface area (Å²) in [4.78, 5) is 2.37. The van der Waals surface area contributed by atoms with Crippen molar-refractivity contribution < 1.29 is 0 Å². The maximum atomic E-state index is 6.23. The molecule has 1 rings (SSSR count). The summed E-state index contributed by atoms with van der Waals surface area (Å²) in [5.41, 5.74) is 6.59. The molecule has 1 saturated carbocycles.